The van der Waals surface area contributed by atoms with Crippen molar-refractivity contribution in [3.8, 4) is 0 Å². The molecule has 1 atom stereocenters. The van der Waals surface area contributed by atoms with Gasteiger partial charge >= 0.3 is 0 Å². The monoisotopic (exact) mass is 294 g/mol. The molecule has 1 fully saturated rings. The van der Waals surface area contributed by atoms with E-state index in [2.05, 4.69) is 15.9 Å². The average Bonchev–Trinajstić information content (AvgIpc) is 2.73. The van der Waals surface area contributed by atoms with Crippen molar-refractivity contribution in [2.24, 2.45) is 5.92 Å². The molecule has 0 heterocycles. The van der Waals surface area contributed by atoms with Gasteiger partial charge in [0.05, 0.1) is 0 Å². The summed E-state index contributed by atoms with van der Waals surface area (Å²) < 4.78 is 0.972. The highest BCUT2D eigenvalue weighted by molar-refractivity contribution is 9.10. The second kappa shape index (κ2) is 5.58. The van der Waals surface area contributed by atoms with Gasteiger partial charge in [-0.2, -0.15) is 0 Å². The summed E-state index contributed by atoms with van der Waals surface area (Å²) in [7, 11) is 0. The molecule has 3 heteroatoms. The molecule has 2 rings (SSSR count). The average molecular weight is 295 g/mol. The molecule has 0 aromatic heterocycles. The van der Waals surface area contributed by atoms with Crippen molar-refractivity contribution in [1.29, 1.82) is 0 Å². The van der Waals surface area contributed by atoms with Crippen LogP contribution < -0.4 is 0 Å². The van der Waals surface area contributed by atoms with Crippen molar-refractivity contribution < 1.29 is 9.59 Å². The maximum absolute atomic E-state index is 11.9. The van der Waals surface area contributed by atoms with E-state index in [0.717, 1.165) is 22.9 Å². The third kappa shape index (κ3) is 3.25. The summed E-state index contributed by atoms with van der Waals surface area (Å²) >= 11 is 3.34. The molecule has 0 amide bonds. The van der Waals surface area contributed by atoms with Gasteiger partial charge in [0.25, 0.3) is 0 Å². The molecule has 0 bridgehead atoms. The van der Waals surface area contributed by atoms with Crippen molar-refractivity contribution >= 4 is 27.5 Å². The molecule has 17 heavy (non-hydrogen) atoms. The van der Waals surface area contributed by atoms with Crippen LogP contribution in [0.1, 0.15) is 42.5 Å². The van der Waals surface area contributed by atoms with Gasteiger partial charge in [-0.3, -0.25) is 9.59 Å². The van der Waals surface area contributed by atoms with Crippen LogP contribution in [-0.4, -0.2) is 11.6 Å². The van der Waals surface area contributed by atoms with Crippen molar-refractivity contribution in [1.82, 2.24) is 0 Å². The molecule has 1 aliphatic rings. The second-order valence-electron chi connectivity index (χ2n) is 4.52. The van der Waals surface area contributed by atoms with Crippen LogP contribution in [-0.2, 0) is 4.79 Å². The largest absolute Gasteiger partial charge is 0.299 e. The predicted octanol–water partition coefficient (Wildman–Crippen LogP) is 3.78. The lowest BCUT2D eigenvalue weighted by molar-refractivity contribution is -0.120. The van der Waals surface area contributed by atoms with E-state index in [1.165, 1.54) is 0 Å². The third-order valence-electron chi connectivity index (χ3n) is 3.32. The molecule has 0 unspecified atom stereocenters. The standard InChI is InChI=1S/C14H15BrO2/c15-12-7-4-11(5-8-12)14(17)9-6-10-2-1-3-13(10)16/h4-5,7-8,10H,1-3,6,9H2/t10-/m0/s1. The molecule has 0 saturated heterocycles. The fourth-order valence-electron chi connectivity index (χ4n) is 2.28. The number of rotatable bonds is 4. The van der Waals surface area contributed by atoms with Gasteiger partial charge in [-0.05, 0) is 31.4 Å². The summed E-state index contributed by atoms with van der Waals surface area (Å²) in [5, 5.41) is 0. The van der Waals surface area contributed by atoms with Crippen molar-refractivity contribution in [3.05, 3.63) is 34.3 Å². The molecular weight excluding hydrogens is 280 g/mol. The number of Topliss-reactive ketones (excluding diaryl/α,β-unsaturated/α-hetero) is 2. The Morgan fingerprint density at radius 3 is 2.59 bits per heavy atom. The predicted molar refractivity (Wildman–Crippen MR) is 70.1 cm³/mol. The fourth-order valence-corrected chi connectivity index (χ4v) is 2.54. The summed E-state index contributed by atoms with van der Waals surface area (Å²) in [6.07, 6.45) is 3.87. The van der Waals surface area contributed by atoms with Gasteiger partial charge in [0.1, 0.15) is 5.78 Å². The number of halogens is 1. The van der Waals surface area contributed by atoms with Crippen LogP contribution >= 0.6 is 15.9 Å². The number of hydrogen-bond donors (Lipinski definition) is 0. The zero-order valence-corrected chi connectivity index (χ0v) is 11.2. The van der Waals surface area contributed by atoms with E-state index < -0.39 is 0 Å². The number of hydrogen-bond acceptors (Lipinski definition) is 2. The number of ketones is 2. The number of carbonyl (C=O) groups excluding carboxylic acids is 2. The SMILES string of the molecule is O=C(CC[C@@H]1CCCC1=O)c1ccc(Br)cc1. The lowest BCUT2D eigenvalue weighted by Crippen LogP contribution is -2.09. The smallest absolute Gasteiger partial charge is 0.162 e. The summed E-state index contributed by atoms with van der Waals surface area (Å²) in [5.74, 6) is 0.611. The first kappa shape index (κ1) is 12.5. The molecule has 2 nitrogen and oxygen atoms in total. The van der Waals surface area contributed by atoms with E-state index in [1.54, 1.807) is 0 Å². The summed E-state index contributed by atoms with van der Waals surface area (Å²) in [6.45, 7) is 0. The number of carbonyl (C=O) groups is 2. The van der Waals surface area contributed by atoms with Gasteiger partial charge in [-0.15, -0.1) is 0 Å². The van der Waals surface area contributed by atoms with Gasteiger partial charge in [-0.1, -0.05) is 28.1 Å². The van der Waals surface area contributed by atoms with Gasteiger partial charge in [0.2, 0.25) is 0 Å². The highest BCUT2D eigenvalue weighted by Crippen LogP contribution is 2.26. The highest BCUT2D eigenvalue weighted by atomic mass is 79.9. The Morgan fingerprint density at radius 1 is 1.29 bits per heavy atom. The van der Waals surface area contributed by atoms with Crippen LogP contribution in [0, 0.1) is 5.92 Å². The molecule has 0 N–H and O–H groups in total. The van der Waals surface area contributed by atoms with Crippen molar-refractivity contribution in [2.45, 2.75) is 32.1 Å². The van der Waals surface area contributed by atoms with Crippen molar-refractivity contribution in [2.75, 3.05) is 0 Å². The van der Waals surface area contributed by atoms with Gasteiger partial charge in [0, 0.05) is 28.8 Å². The van der Waals surface area contributed by atoms with Crippen LogP contribution in [0.4, 0.5) is 0 Å². The Labute approximate surface area is 110 Å². The minimum atomic E-state index is 0.134. The Bertz CT molecular complexity index is 422. The molecule has 0 spiro atoms. The Morgan fingerprint density at radius 2 is 2.00 bits per heavy atom. The van der Waals surface area contributed by atoms with E-state index in [9.17, 15) is 9.59 Å². The Balaban J connectivity index is 1.89. The number of benzene rings is 1. The van der Waals surface area contributed by atoms with Crippen LogP contribution in [0.5, 0.6) is 0 Å². The van der Waals surface area contributed by atoms with Gasteiger partial charge in [-0.25, -0.2) is 0 Å². The van der Waals surface area contributed by atoms with E-state index >= 15 is 0 Å². The molecule has 1 aromatic rings. The second-order valence-corrected chi connectivity index (χ2v) is 5.44. The van der Waals surface area contributed by atoms with Crippen LogP contribution in [0.15, 0.2) is 28.7 Å². The summed E-state index contributed by atoms with van der Waals surface area (Å²) in [4.78, 5) is 23.3. The molecule has 1 saturated carbocycles. The molecule has 90 valence electrons. The first-order valence-electron chi connectivity index (χ1n) is 5.98. The lowest BCUT2D eigenvalue weighted by atomic mass is 9.97. The zero-order chi connectivity index (χ0) is 12.3. The minimum absolute atomic E-state index is 0.134. The van der Waals surface area contributed by atoms with Gasteiger partial charge < -0.3 is 0 Å². The van der Waals surface area contributed by atoms with Crippen LogP contribution in [0.2, 0.25) is 0 Å². The lowest BCUT2D eigenvalue weighted by Gasteiger charge is -2.06. The van der Waals surface area contributed by atoms with E-state index in [1.807, 2.05) is 24.3 Å². The zero-order valence-electron chi connectivity index (χ0n) is 9.62. The molecule has 0 radical (unpaired) electrons. The summed E-state index contributed by atoms with van der Waals surface area (Å²) in [5.41, 5.74) is 0.735. The minimum Gasteiger partial charge on any atom is -0.299 e. The maximum Gasteiger partial charge on any atom is 0.162 e. The topological polar surface area (TPSA) is 34.1 Å². The maximum atomic E-state index is 11.9. The first-order valence-corrected chi connectivity index (χ1v) is 6.77. The Kier molecular flexibility index (Phi) is 4.11. The Hall–Kier alpha value is -0.960. The molecule has 1 aliphatic carbocycles. The molecular formula is C14H15BrO2. The van der Waals surface area contributed by atoms with Crippen molar-refractivity contribution in [3.63, 3.8) is 0 Å². The van der Waals surface area contributed by atoms with Crippen LogP contribution in [0.25, 0.3) is 0 Å². The first-order chi connectivity index (χ1) is 8.16. The van der Waals surface area contributed by atoms with Gasteiger partial charge in [0.15, 0.2) is 5.78 Å². The normalized spacial score (nSPS) is 19.6. The highest BCUT2D eigenvalue weighted by Gasteiger charge is 2.24. The fraction of sp³-hybridized carbons (Fsp3) is 0.429. The van der Waals surface area contributed by atoms with E-state index in [-0.39, 0.29) is 11.7 Å². The quantitative estimate of drug-likeness (QED) is 0.792. The molecule has 0 aliphatic heterocycles. The van der Waals surface area contributed by atoms with Crippen LogP contribution in [0.3, 0.4) is 0 Å². The summed E-state index contributed by atoms with van der Waals surface area (Å²) in [6, 6.07) is 7.38. The third-order valence-corrected chi connectivity index (χ3v) is 3.85. The molecule has 1 aromatic carbocycles. The van der Waals surface area contributed by atoms with E-state index in [0.29, 0.717) is 25.0 Å². The van der Waals surface area contributed by atoms with E-state index in [4.69, 9.17) is 0 Å².